The molecule has 1 aromatic heterocycles. The standard InChI is InChI=1S/C15H18BrFN4S.HI/c1-9-10(2)22-14(21-9)8-20-15(18-3)19-7-11-6-12(16)4-5-13(11)17;/h4-6H,7-8H2,1-3H3,(H2,18,19,20);1H. The Balaban J connectivity index is 0.00000264. The van der Waals surface area contributed by atoms with Gasteiger partial charge in [-0.1, -0.05) is 15.9 Å². The van der Waals surface area contributed by atoms with Gasteiger partial charge in [-0.25, -0.2) is 9.37 Å². The van der Waals surface area contributed by atoms with Gasteiger partial charge in [0.1, 0.15) is 10.8 Å². The fraction of sp³-hybridized carbons (Fsp3) is 0.333. The summed E-state index contributed by atoms with van der Waals surface area (Å²) in [5.74, 6) is 0.377. The van der Waals surface area contributed by atoms with E-state index < -0.39 is 0 Å². The van der Waals surface area contributed by atoms with E-state index in [0.717, 1.165) is 15.2 Å². The van der Waals surface area contributed by atoms with Crippen molar-refractivity contribution in [3.8, 4) is 0 Å². The van der Waals surface area contributed by atoms with E-state index in [0.29, 0.717) is 24.6 Å². The van der Waals surface area contributed by atoms with Crippen molar-refractivity contribution < 1.29 is 4.39 Å². The topological polar surface area (TPSA) is 49.3 Å². The number of thiazole rings is 1. The molecule has 1 aromatic carbocycles. The normalized spacial score (nSPS) is 11.1. The van der Waals surface area contributed by atoms with Crippen molar-refractivity contribution in [3.63, 3.8) is 0 Å². The van der Waals surface area contributed by atoms with Crippen LogP contribution in [0.15, 0.2) is 27.7 Å². The number of benzene rings is 1. The molecule has 2 N–H and O–H groups in total. The van der Waals surface area contributed by atoms with Crippen LogP contribution in [-0.2, 0) is 13.1 Å². The maximum absolute atomic E-state index is 13.7. The first-order chi connectivity index (χ1) is 10.5. The molecule has 0 amide bonds. The Morgan fingerprint density at radius 2 is 2.00 bits per heavy atom. The summed E-state index contributed by atoms with van der Waals surface area (Å²) in [6, 6.07) is 4.88. The third-order valence-electron chi connectivity index (χ3n) is 3.16. The monoisotopic (exact) mass is 512 g/mol. The molecule has 0 atom stereocenters. The van der Waals surface area contributed by atoms with Gasteiger partial charge in [-0.3, -0.25) is 4.99 Å². The Kier molecular flexibility index (Phi) is 8.41. The Morgan fingerprint density at radius 3 is 2.61 bits per heavy atom. The molecule has 0 fully saturated rings. The van der Waals surface area contributed by atoms with Gasteiger partial charge in [0.05, 0.1) is 12.2 Å². The summed E-state index contributed by atoms with van der Waals surface area (Å²) < 4.78 is 14.5. The predicted octanol–water partition coefficient (Wildman–Crippen LogP) is 4.14. The number of halogens is 3. The second-order valence-electron chi connectivity index (χ2n) is 4.76. The minimum atomic E-state index is -0.239. The first-order valence-corrected chi connectivity index (χ1v) is 8.42. The highest BCUT2D eigenvalue weighted by atomic mass is 127. The van der Waals surface area contributed by atoms with Gasteiger partial charge in [-0.05, 0) is 32.0 Å². The maximum atomic E-state index is 13.7. The summed E-state index contributed by atoms with van der Waals surface area (Å²) in [4.78, 5) is 9.82. The summed E-state index contributed by atoms with van der Waals surface area (Å²) in [5, 5.41) is 7.29. The molecule has 23 heavy (non-hydrogen) atoms. The predicted molar refractivity (Wildman–Crippen MR) is 108 cm³/mol. The fourth-order valence-electron chi connectivity index (χ4n) is 1.85. The second kappa shape index (κ2) is 9.53. The summed E-state index contributed by atoms with van der Waals surface area (Å²) >= 11 is 5.01. The summed E-state index contributed by atoms with van der Waals surface area (Å²) in [6.07, 6.45) is 0. The maximum Gasteiger partial charge on any atom is 0.191 e. The van der Waals surface area contributed by atoms with Crippen molar-refractivity contribution >= 4 is 57.2 Å². The van der Waals surface area contributed by atoms with Crippen molar-refractivity contribution in [2.75, 3.05) is 7.05 Å². The number of aliphatic imine (C=N–C) groups is 1. The summed E-state index contributed by atoms with van der Waals surface area (Å²) in [7, 11) is 1.69. The van der Waals surface area contributed by atoms with E-state index in [9.17, 15) is 4.39 Å². The highest BCUT2D eigenvalue weighted by molar-refractivity contribution is 14.0. The van der Waals surface area contributed by atoms with Gasteiger partial charge in [0.2, 0.25) is 0 Å². The Labute approximate surface area is 165 Å². The van der Waals surface area contributed by atoms with Crippen LogP contribution in [0.25, 0.3) is 0 Å². The van der Waals surface area contributed by atoms with Crippen molar-refractivity contribution in [1.82, 2.24) is 15.6 Å². The Hall–Kier alpha value is -0.740. The minimum Gasteiger partial charge on any atom is -0.352 e. The number of hydrogen-bond acceptors (Lipinski definition) is 3. The lowest BCUT2D eigenvalue weighted by molar-refractivity contribution is 0.604. The molecule has 0 unspecified atom stereocenters. The van der Waals surface area contributed by atoms with Crippen LogP contribution in [0.3, 0.4) is 0 Å². The van der Waals surface area contributed by atoms with Gasteiger partial charge in [0.15, 0.2) is 5.96 Å². The average Bonchev–Trinajstić information content (AvgIpc) is 2.81. The van der Waals surface area contributed by atoms with Crippen molar-refractivity contribution in [2.24, 2.45) is 4.99 Å². The number of hydrogen-bond donors (Lipinski definition) is 2. The Morgan fingerprint density at radius 1 is 1.30 bits per heavy atom. The van der Waals surface area contributed by atoms with Gasteiger partial charge in [-0.2, -0.15) is 0 Å². The van der Waals surface area contributed by atoms with E-state index in [2.05, 4.69) is 43.5 Å². The SMILES string of the molecule is CN=C(NCc1nc(C)c(C)s1)NCc1cc(Br)ccc1F.I. The van der Waals surface area contributed by atoms with Crippen molar-refractivity contribution in [3.05, 3.63) is 49.6 Å². The zero-order chi connectivity index (χ0) is 16.1. The second-order valence-corrected chi connectivity index (χ2v) is 6.97. The quantitative estimate of drug-likeness (QED) is 0.367. The molecule has 0 saturated carbocycles. The number of nitrogens with zero attached hydrogens (tertiary/aromatic N) is 2. The highest BCUT2D eigenvalue weighted by Crippen LogP contribution is 2.16. The molecule has 0 spiro atoms. The molecular weight excluding hydrogens is 494 g/mol. The van der Waals surface area contributed by atoms with E-state index in [4.69, 9.17) is 0 Å². The highest BCUT2D eigenvalue weighted by Gasteiger charge is 2.06. The van der Waals surface area contributed by atoms with Crippen LogP contribution in [0.1, 0.15) is 21.1 Å². The van der Waals surface area contributed by atoms with Crippen molar-refractivity contribution in [1.29, 1.82) is 0 Å². The third kappa shape index (κ3) is 6.00. The van der Waals surface area contributed by atoms with E-state index >= 15 is 0 Å². The third-order valence-corrected chi connectivity index (χ3v) is 4.72. The van der Waals surface area contributed by atoms with Crippen LogP contribution in [-0.4, -0.2) is 18.0 Å². The number of guanidine groups is 1. The molecular formula is C15H19BrFIN4S. The summed E-state index contributed by atoms with van der Waals surface area (Å²) in [5.41, 5.74) is 1.64. The van der Waals surface area contributed by atoms with Crippen LogP contribution in [0.4, 0.5) is 4.39 Å². The molecule has 0 saturated heterocycles. The molecule has 0 aliphatic heterocycles. The zero-order valence-corrected chi connectivity index (χ0v) is 17.8. The lowest BCUT2D eigenvalue weighted by atomic mass is 10.2. The van der Waals surface area contributed by atoms with Gasteiger partial charge in [0.25, 0.3) is 0 Å². The van der Waals surface area contributed by atoms with Gasteiger partial charge in [0, 0.05) is 28.5 Å². The minimum absolute atomic E-state index is 0. The zero-order valence-electron chi connectivity index (χ0n) is 13.1. The molecule has 1 heterocycles. The molecule has 0 aliphatic rings. The van der Waals surface area contributed by atoms with Crippen LogP contribution in [0, 0.1) is 19.7 Å². The van der Waals surface area contributed by atoms with Crippen LogP contribution in [0.5, 0.6) is 0 Å². The average molecular weight is 513 g/mol. The Bertz CT molecular complexity index is 671. The van der Waals surface area contributed by atoms with Crippen LogP contribution in [0.2, 0.25) is 0 Å². The molecule has 4 nitrogen and oxygen atoms in total. The summed E-state index contributed by atoms with van der Waals surface area (Å²) in [6.45, 7) is 5.01. The first kappa shape index (κ1) is 20.3. The first-order valence-electron chi connectivity index (χ1n) is 6.81. The number of rotatable bonds is 4. The molecule has 0 aliphatic carbocycles. The van der Waals surface area contributed by atoms with E-state index in [1.807, 2.05) is 6.92 Å². The number of aromatic nitrogens is 1. The lowest BCUT2D eigenvalue weighted by Crippen LogP contribution is -2.36. The van der Waals surface area contributed by atoms with E-state index in [1.54, 1.807) is 30.5 Å². The van der Waals surface area contributed by atoms with Crippen LogP contribution >= 0.6 is 51.2 Å². The molecule has 8 heteroatoms. The smallest absolute Gasteiger partial charge is 0.191 e. The molecule has 126 valence electrons. The lowest BCUT2D eigenvalue weighted by Gasteiger charge is -2.11. The molecule has 0 bridgehead atoms. The molecule has 0 radical (unpaired) electrons. The number of nitrogens with one attached hydrogen (secondary N) is 2. The van der Waals surface area contributed by atoms with Crippen LogP contribution < -0.4 is 10.6 Å². The van der Waals surface area contributed by atoms with E-state index in [1.165, 1.54) is 10.9 Å². The largest absolute Gasteiger partial charge is 0.352 e. The fourth-order valence-corrected chi connectivity index (χ4v) is 3.13. The van der Waals surface area contributed by atoms with Crippen molar-refractivity contribution in [2.45, 2.75) is 26.9 Å². The van der Waals surface area contributed by atoms with Gasteiger partial charge < -0.3 is 10.6 Å². The molecule has 2 aromatic rings. The molecule has 2 rings (SSSR count). The van der Waals surface area contributed by atoms with Gasteiger partial charge >= 0.3 is 0 Å². The van der Waals surface area contributed by atoms with Gasteiger partial charge in [-0.15, -0.1) is 35.3 Å². The van der Waals surface area contributed by atoms with E-state index in [-0.39, 0.29) is 29.8 Å². The number of aryl methyl sites for hydroxylation is 2.